The van der Waals surface area contributed by atoms with E-state index in [1.54, 1.807) is 116 Å². The summed E-state index contributed by atoms with van der Waals surface area (Å²) in [7, 11) is 0. The topological polar surface area (TPSA) is 332 Å². The number of nitrogens with two attached hydrogens (primary N) is 1. The lowest BCUT2D eigenvalue weighted by Crippen LogP contribution is -2.57. The molecule has 2 saturated heterocycles. The fourth-order valence-electron chi connectivity index (χ4n) is 11.5. The highest BCUT2D eigenvalue weighted by atomic mass is 16.6. The van der Waals surface area contributed by atoms with Crippen molar-refractivity contribution in [1.82, 2.24) is 45.9 Å². The molecule has 24 nitrogen and oxygen atoms in total. The Labute approximate surface area is 615 Å². The molecule has 0 aliphatic carbocycles. The van der Waals surface area contributed by atoms with Gasteiger partial charge in [-0.3, -0.25) is 45.1 Å². The highest BCUT2D eigenvalue weighted by molar-refractivity contribution is 6.04. The Kier molecular flexibility index (Phi) is 29.7. The lowest BCUT2D eigenvalue weighted by molar-refractivity contribution is -0.132. The molecule has 105 heavy (non-hydrogen) atoms. The second-order valence-electron chi connectivity index (χ2n) is 28.7. The summed E-state index contributed by atoms with van der Waals surface area (Å²) < 4.78 is 22.9. The van der Waals surface area contributed by atoms with Crippen LogP contribution in [0.5, 0.6) is 0 Å². The maximum absolute atomic E-state index is 13.6. The number of hydrogen-bond acceptors (Lipinski definition) is 15. The zero-order chi connectivity index (χ0) is 76.5. The zero-order valence-corrected chi connectivity index (χ0v) is 62.2. The average molecular weight is 1440 g/mol. The van der Waals surface area contributed by atoms with Crippen LogP contribution in [0.3, 0.4) is 0 Å². The molecule has 3 heterocycles. The first-order chi connectivity index (χ1) is 49.8. The summed E-state index contributed by atoms with van der Waals surface area (Å²) in [5.41, 5.74) is 13.3. The van der Waals surface area contributed by atoms with Crippen molar-refractivity contribution in [3.63, 3.8) is 0 Å². The van der Waals surface area contributed by atoms with Crippen molar-refractivity contribution in [3.8, 4) is 0 Å². The smallest absolute Gasteiger partial charge is 0.419 e. The number of alkyl carbamates (subject to hydrolysis) is 1. The van der Waals surface area contributed by atoms with Gasteiger partial charge in [-0.2, -0.15) is 0 Å². The van der Waals surface area contributed by atoms with E-state index in [4.69, 9.17) is 35.5 Å². The van der Waals surface area contributed by atoms with Gasteiger partial charge >= 0.3 is 24.4 Å². The van der Waals surface area contributed by atoms with Crippen LogP contribution in [0.25, 0.3) is 0 Å². The quantitative estimate of drug-likeness (QED) is 0.0200. The summed E-state index contributed by atoms with van der Waals surface area (Å²) in [6.07, 6.45) is 4.53. The largest absolute Gasteiger partial charge is 0.444 e. The van der Waals surface area contributed by atoms with Crippen molar-refractivity contribution < 1.29 is 57.3 Å². The lowest BCUT2D eigenvalue weighted by Gasteiger charge is -2.39. The molecular weight excluding hydrogens is 1330 g/mol. The van der Waals surface area contributed by atoms with Gasteiger partial charge in [0.15, 0.2) is 0 Å². The first-order valence-electron chi connectivity index (χ1n) is 35.4. The zero-order valence-electron chi connectivity index (χ0n) is 62.2. The molecule has 9 rings (SSSR count). The van der Waals surface area contributed by atoms with Gasteiger partial charge in [-0.1, -0.05) is 185 Å². The molecule has 2 fully saturated rings. The predicted molar refractivity (Wildman–Crippen MR) is 402 cm³/mol. The molecule has 7 amide bonds. The molecule has 0 bridgehead atoms. The summed E-state index contributed by atoms with van der Waals surface area (Å²) in [6.45, 7) is 24.0. The van der Waals surface area contributed by atoms with Gasteiger partial charge in [-0.15, -0.1) is 0 Å². The van der Waals surface area contributed by atoms with Crippen LogP contribution in [0.15, 0.2) is 176 Å². The van der Waals surface area contributed by atoms with Crippen molar-refractivity contribution in [2.24, 2.45) is 5.73 Å². The van der Waals surface area contributed by atoms with Gasteiger partial charge in [0.05, 0.1) is 0 Å². The van der Waals surface area contributed by atoms with Crippen LogP contribution in [0.2, 0.25) is 0 Å². The molecule has 24 heteroatoms. The molecule has 7 aromatic rings. The van der Waals surface area contributed by atoms with E-state index in [0.29, 0.717) is 61.7 Å². The molecule has 558 valence electrons. The minimum absolute atomic E-state index is 0.0236. The molecule has 1 aromatic heterocycles. The van der Waals surface area contributed by atoms with E-state index in [2.05, 4.69) is 71.4 Å². The number of aromatic nitrogens is 2. The number of amides is 7. The summed E-state index contributed by atoms with van der Waals surface area (Å²) in [4.78, 5) is 109. The Hall–Kier alpha value is -11.2. The third kappa shape index (κ3) is 25.9. The molecule has 9 N–H and O–H groups in total. The molecule has 0 radical (unpaired) electrons. The first kappa shape index (κ1) is 81.1. The number of imidazole rings is 1. The van der Waals surface area contributed by atoms with E-state index in [1.807, 2.05) is 97.1 Å². The van der Waals surface area contributed by atoms with Crippen LogP contribution in [-0.4, -0.2) is 127 Å². The van der Waals surface area contributed by atoms with E-state index in [-0.39, 0.29) is 61.6 Å². The summed E-state index contributed by atoms with van der Waals surface area (Å²) in [5, 5.41) is 29.4. The highest BCUT2D eigenvalue weighted by Crippen LogP contribution is 2.35. The maximum Gasteiger partial charge on any atom is 0.419 e. The predicted octanol–water partition coefficient (Wildman–Crippen LogP) is 12.8. The third-order valence-electron chi connectivity index (χ3n) is 17.5. The lowest BCUT2D eigenvalue weighted by atomic mass is 9.85. The summed E-state index contributed by atoms with van der Waals surface area (Å²) in [5.74, 6) is -0.580. The second kappa shape index (κ2) is 38.4. The monoisotopic (exact) mass is 1430 g/mol. The molecule has 0 spiro atoms. The fourth-order valence-corrected chi connectivity index (χ4v) is 11.5. The van der Waals surface area contributed by atoms with Gasteiger partial charge in [0, 0.05) is 49.7 Å². The molecule has 0 saturated carbocycles. The Morgan fingerprint density at radius 3 is 1.28 bits per heavy atom. The Morgan fingerprint density at radius 1 is 0.514 bits per heavy atom. The summed E-state index contributed by atoms with van der Waals surface area (Å²) >= 11 is 0. The number of benzene rings is 6. The number of nitrogen functional groups attached to an aromatic ring is 1. The van der Waals surface area contributed by atoms with E-state index in [0.717, 1.165) is 33.4 Å². The third-order valence-corrected chi connectivity index (χ3v) is 17.5. The van der Waals surface area contributed by atoms with Crippen LogP contribution >= 0.6 is 0 Å². The molecular formula is C81H102N12O12. The van der Waals surface area contributed by atoms with Gasteiger partial charge < -0.3 is 45.9 Å². The van der Waals surface area contributed by atoms with Crippen molar-refractivity contribution in [1.29, 1.82) is 10.8 Å². The number of nitrogens with one attached hydrogen (secondary N) is 7. The Morgan fingerprint density at radius 2 is 0.905 bits per heavy atom. The van der Waals surface area contributed by atoms with Crippen molar-refractivity contribution >= 4 is 59.7 Å². The number of ether oxygens (including phenoxy) is 4. The first-order valence-corrected chi connectivity index (χ1v) is 35.4. The van der Waals surface area contributed by atoms with E-state index < -0.39 is 71.6 Å². The Balaban J connectivity index is 0.000000244. The number of amidine groups is 2. The Bertz CT molecular complexity index is 4030. The second-order valence-corrected chi connectivity index (χ2v) is 28.7. The van der Waals surface area contributed by atoms with E-state index >= 15 is 0 Å². The van der Waals surface area contributed by atoms with Crippen LogP contribution in [0.4, 0.5) is 19.2 Å². The highest BCUT2D eigenvalue weighted by Gasteiger charge is 2.41. The maximum atomic E-state index is 13.6. The minimum atomic E-state index is -0.865. The molecule has 2 aliphatic rings. The van der Waals surface area contributed by atoms with E-state index in [9.17, 15) is 38.4 Å². The average Bonchev–Trinajstić information content (AvgIpc) is 1.27. The van der Waals surface area contributed by atoms with Crippen molar-refractivity contribution in [2.75, 3.05) is 13.1 Å². The number of rotatable bonds is 20. The van der Waals surface area contributed by atoms with Crippen molar-refractivity contribution in [2.45, 2.75) is 194 Å². The van der Waals surface area contributed by atoms with Gasteiger partial charge in [0.2, 0.25) is 23.6 Å². The normalized spacial score (nSPS) is 16.2. The van der Waals surface area contributed by atoms with Gasteiger partial charge in [-0.25, -0.2) is 28.7 Å². The number of carbonyl (C=O) groups excluding carboxylic acids is 8. The van der Waals surface area contributed by atoms with Gasteiger partial charge in [0.25, 0.3) is 0 Å². The van der Waals surface area contributed by atoms with Crippen LogP contribution < -0.4 is 32.3 Å². The summed E-state index contributed by atoms with van der Waals surface area (Å²) in [6, 6.07) is 46.3. The number of likely N-dealkylation sites (tertiary alicyclic amines) is 2. The van der Waals surface area contributed by atoms with Gasteiger partial charge in [-0.05, 0) is 149 Å². The number of piperidine rings is 2. The molecule has 2 aliphatic heterocycles. The SMILES string of the molecule is CC(C)c1ccc(COC(=O)NC(=N)c2ccc(CNC(=O)[C@H](C)NC(=O)[C@H]3C[C@@H](c4ccccc4)CCN3C(=O)OC(C)(C)C)cc2)cc1.CC(C)c1ccc(COC(=O)n2ccnc2)cc1.C[C@H](NC(=O)[C@H]1C[C@@H](c2ccccc2)CCN1C(=O)OC(C)(C)C)C(=O)NCc1ccc(C(=N)N)cc1. The van der Waals surface area contributed by atoms with E-state index in [1.165, 1.54) is 31.8 Å². The van der Waals surface area contributed by atoms with Crippen LogP contribution in [-0.2, 0) is 64.4 Å². The number of carbonyl (C=O) groups is 8. The molecule has 6 aromatic carbocycles. The van der Waals surface area contributed by atoms with Crippen LogP contribution in [0.1, 0.15) is 188 Å². The molecule has 6 atom stereocenters. The van der Waals surface area contributed by atoms with Crippen molar-refractivity contribution in [3.05, 3.63) is 232 Å². The van der Waals surface area contributed by atoms with Gasteiger partial charge in [0.1, 0.15) is 66.6 Å². The van der Waals surface area contributed by atoms with Crippen LogP contribution in [0, 0.1) is 10.8 Å². The number of hydrogen-bond donors (Lipinski definition) is 8. The fraction of sp³-hybridized carbons (Fsp3) is 0.395. The standard InChI is InChI=1S/C39H49N5O6.C28H37N5O4.C14H16N2O2/c1-25(2)29-16-14-28(15-17-29)24-49-37(47)43-34(40)31-18-12-27(13-19-31)23-41-35(45)26(3)42-36(46)33-22-32(30-10-8-7-9-11-30)20-21-44(33)38(48)50-39(4,5)6;1-18(25(34)31-17-19-10-12-21(13-11-19)24(29)30)32-26(35)23-16-22(20-8-6-5-7-9-20)14-15-33(23)27(36)37-28(2,3)4;1-11(2)13-5-3-12(4-6-13)9-18-14(17)16-8-7-15-10-16/h7-19,25-26,32-33H,20-24H2,1-6H3,(H,41,45)(H,42,46)(H2,40,43,47);5-13,18,22-23H,14-17H2,1-4H3,(H3,29,30)(H,31,34)(H,32,35);3-8,10-11H,9H2,1-2H3/t26-,32-,33+;18-,22-,23+;/m00./s1. The minimum Gasteiger partial charge on any atom is -0.444 e. The number of nitrogens with zero attached hydrogens (tertiary/aromatic N) is 4. The molecule has 0 unspecified atom stereocenters.